The first kappa shape index (κ1) is 15.8. The SMILES string of the molecule is CC(C)(C#N)N1CCN(C(=O)Cc2cccc(Cl)c2)CC1. The Hall–Kier alpha value is -1.57. The first-order valence-corrected chi connectivity index (χ1v) is 7.49. The van der Waals surface area contributed by atoms with Crippen molar-refractivity contribution in [3.8, 4) is 6.07 Å². The van der Waals surface area contributed by atoms with Crippen molar-refractivity contribution >= 4 is 17.5 Å². The van der Waals surface area contributed by atoms with E-state index in [9.17, 15) is 4.79 Å². The van der Waals surface area contributed by atoms with E-state index in [2.05, 4.69) is 11.0 Å². The van der Waals surface area contributed by atoms with Crippen LogP contribution in [0.3, 0.4) is 0 Å². The van der Waals surface area contributed by atoms with Crippen LogP contribution in [0.15, 0.2) is 24.3 Å². The zero-order chi connectivity index (χ0) is 15.5. The molecule has 0 aliphatic carbocycles. The molecule has 1 aromatic rings. The Morgan fingerprint density at radius 3 is 2.57 bits per heavy atom. The highest BCUT2D eigenvalue weighted by Gasteiger charge is 2.30. The van der Waals surface area contributed by atoms with Gasteiger partial charge in [-0.2, -0.15) is 5.26 Å². The van der Waals surface area contributed by atoms with Crippen molar-refractivity contribution in [3.63, 3.8) is 0 Å². The molecule has 1 amide bonds. The summed E-state index contributed by atoms with van der Waals surface area (Å²) < 4.78 is 0. The van der Waals surface area contributed by atoms with Gasteiger partial charge >= 0.3 is 0 Å². The Morgan fingerprint density at radius 1 is 1.33 bits per heavy atom. The predicted octanol–water partition coefficient (Wildman–Crippen LogP) is 2.33. The molecule has 0 aromatic heterocycles. The molecule has 0 radical (unpaired) electrons. The van der Waals surface area contributed by atoms with Gasteiger partial charge < -0.3 is 4.90 Å². The molecule has 1 aliphatic rings. The van der Waals surface area contributed by atoms with Gasteiger partial charge in [0.25, 0.3) is 0 Å². The average molecular weight is 306 g/mol. The molecule has 4 nitrogen and oxygen atoms in total. The molecule has 2 rings (SSSR count). The number of hydrogen-bond acceptors (Lipinski definition) is 3. The third-order valence-electron chi connectivity index (χ3n) is 3.94. The highest BCUT2D eigenvalue weighted by atomic mass is 35.5. The second kappa shape index (κ2) is 6.46. The Labute approximate surface area is 130 Å². The van der Waals surface area contributed by atoms with E-state index in [-0.39, 0.29) is 5.91 Å². The summed E-state index contributed by atoms with van der Waals surface area (Å²) in [6, 6.07) is 9.72. The van der Waals surface area contributed by atoms with Gasteiger partial charge in [-0.15, -0.1) is 0 Å². The van der Waals surface area contributed by atoms with E-state index in [1.54, 1.807) is 6.07 Å². The molecule has 1 fully saturated rings. The number of carbonyl (C=O) groups excluding carboxylic acids is 1. The molecule has 0 spiro atoms. The standard InChI is InChI=1S/C16H20ClN3O/c1-16(2,12-18)20-8-6-19(7-9-20)15(21)11-13-4-3-5-14(17)10-13/h3-5,10H,6-9,11H2,1-2H3. The topological polar surface area (TPSA) is 47.3 Å². The predicted molar refractivity (Wildman–Crippen MR) is 83.0 cm³/mol. The van der Waals surface area contributed by atoms with E-state index in [4.69, 9.17) is 16.9 Å². The number of amides is 1. The van der Waals surface area contributed by atoms with Gasteiger partial charge in [-0.05, 0) is 31.5 Å². The fraction of sp³-hybridized carbons (Fsp3) is 0.500. The van der Waals surface area contributed by atoms with Crippen LogP contribution in [0.1, 0.15) is 19.4 Å². The van der Waals surface area contributed by atoms with Crippen LogP contribution >= 0.6 is 11.6 Å². The maximum absolute atomic E-state index is 12.3. The van der Waals surface area contributed by atoms with Crippen molar-refractivity contribution in [1.82, 2.24) is 9.80 Å². The van der Waals surface area contributed by atoms with Crippen LogP contribution < -0.4 is 0 Å². The van der Waals surface area contributed by atoms with Crippen molar-refractivity contribution < 1.29 is 4.79 Å². The summed E-state index contributed by atoms with van der Waals surface area (Å²) >= 11 is 5.94. The highest BCUT2D eigenvalue weighted by molar-refractivity contribution is 6.30. The van der Waals surface area contributed by atoms with Gasteiger partial charge in [0.1, 0.15) is 5.54 Å². The molecule has 0 N–H and O–H groups in total. The lowest BCUT2D eigenvalue weighted by atomic mass is 10.0. The lowest BCUT2D eigenvalue weighted by Gasteiger charge is -2.40. The van der Waals surface area contributed by atoms with E-state index in [1.165, 1.54) is 0 Å². The van der Waals surface area contributed by atoms with Crippen LogP contribution in [-0.4, -0.2) is 47.4 Å². The molecular weight excluding hydrogens is 286 g/mol. The van der Waals surface area contributed by atoms with E-state index < -0.39 is 5.54 Å². The summed E-state index contributed by atoms with van der Waals surface area (Å²) in [5.74, 6) is 0.117. The summed E-state index contributed by atoms with van der Waals surface area (Å²) in [5.41, 5.74) is 0.467. The normalized spacial score (nSPS) is 16.6. The quantitative estimate of drug-likeness (QED) is 0.861. The second-order valence-electron chi connectivity index (χ2n) is 5.85. The van der Waals surface area contributed by atoms with Crippen molar-refractivity contribution in [1.29, 1.82) is 5.26 Å². The van der Waals surface area contributed by atoms with Gasteiger partial charge in [-0.3, -0.25) is 9.69 Å². The summed E-state index contributed by atoms with van der Waals surface area (Å²) in [7, 11) is 0. The van der Waals surface area contributed by atoms with E-state index >= 15 is 0 Å². The molecule has 1 saturated heterocycles. The van der Waals surface area contributed by atoms with Gasteiger partial charge in [-0.25, -0.2) is 0 Å². The van der Waals surface area contributed by atoms with E-state index in [1.807, 2.05) is 36.9 Å². The summed E-state index contributed by atoms with van der Waals surface area (Å²) in [6.45, 7) is 6.64. The van der Waals surface area contributed by atoms with Crippen LogP contribution in [-0.2, 0) is 11.2 Å². The Kier molecular flexibility index (Phi) is 4.87. The number of rotatable bonds is 3. The zero-order valence-electron chi connectivity index (χ0n) is 12.5. The molecule has 0 atom stereocenters. The molecule has 1 aromatic carbocycles. The molecule has 1 aliphatic heterocycles. The fourth-order valence-corrected chi connectivity index (χ4v) is 2.73. The summed E-state index contributed by atoms with van der Waals surface area (Å²) in [5, 5.41) is 9.81. The van der Waals surface area contributed by atoms with Crippen molar-refractivity contribution in [2.75, 3.05) is 26.2 Å². The lowest BCUT2D eigenvalue weighted by molar-refractivity contribution is -0.132. The molecule has 21 heavy (non-hydrogen) atoms. The first-order valence-electron chi connectivity index (χ1n) is 7.11. The van der Waals surface area contributed by atoms with Gasteiger partial charge in [-0.1, -0.05) is 23.7 Å². The number of halogens is 1. The second-order valence-corrected chi connectivity index (χ2v) is 6.28. The van der Waals surface area contributed by atoms with Crippen LogP contribution in [0.5, 0.6) is 0 Å². The number of hydrogen-bond donors (Lipinski definition) is 0. The molecule has 1 heterocycles. The average Bonchev–Trinajstić information content (AvgIpc) is 2.47. The van der Waals surface area contributed by atoms with Crippen molar-refractivity contribution in [3.05, 3.63) is 34.9 Å². The Morgan fingerprint density at radius 2 is 2.00 bits per heavy atom. The number of nitrogens with zero attached hydrogens (tertiary/aromatic N) is 3. The molecule has 0 saturated carbocycles. The maximum Gasteiger partial charge on any atom is 0.227 e. The fourth-order valence-electron chi connectivity index (χ4n) is 2.52. The van der Waals surface area contributed by atoms with Crippen LogP contribution in [0, 0.1) is 11.3 Å². The van der Waals surface area contributed by atoms with Gasteiger partial charge in [0, 0.05) is 31.2 Å². The van der Waals surface area contributed by atoms with Gasteiger partial charge in [0.15, 0.2) is 0 Å². The summed E-state index contributed by atoms with van der Waals surface area (Å²) in [6.07, 6.45) is 0.377. The largest absolute Gasteiger partial charge is 0.340 e. The third kappa shape index (κ3) is 3.96. The lowest BCUT2D eigenvalue weighted by Crippen LogP contribution is -2.55. The minimum Gasteiger partial charge on any atom is -0.340 e. The van der Waals surface area contributed by atoms with Crippen LogP contribution in [0.4, 0.5) is 0 Å². The van der Waals surface area contributed by atoms with E-state index in [0.29, 0.717) is 24.5 Å². The van der Waals surface area contributed by atoms with Crippen molar-refractivity contribution in [2.24, 2.45) is 0 Å². The monoisotopic (exact) mass is 305 g/mol. The number of carbonyl (C=O) groups is 1. The number of piperazine rings is 1. The molecular formula is C16H20ClN3O. The third-order valence-corrected chi connectivity index (χ3v) is 4.18. The minimum absolute atomic E-state index is 0.117. The number of benzene rings is 1. The zero-order valence-corrected chi connectivity index (χ0v) is 13.2. The molecule has 112 valence electrons. The summed E-state index contributed by atoms with van der Waals surface area (Å²) in [4.78, 5) is 16.3. The number of nitriles is 1. The Balaban J connectivity index is 1.91. The van der Waals surface area contributed by atoms with E-state index in [0.717, 1.165) is 18.7 Å². The smallest absolute Gasteiger partial charge is 0.227 e. The molecule has 0 bridgehead atoms. The van der Waals surface area contributed by atoms with Crippen molar-refractivity contribution in [2.45, 2.75) is 25.8 Å². The molecule has 0 unspecified atom stereocenters. The van der Waals surface area contributed by atoms with Crippen LogP contribution in [0.2, 0.25) is 5.02 Å². The van der Waals surface area contributed by atoms with Gasteiger partial charge in [0.2, 0.25) is 5.91 Å². The van der Waals surface area contributed by atoms with Crippen LogP contribution in [0.25, 0.3) is 0 Å². The first-order chi connectivity index (χ1) is 9.92. The maximum atomic E-state index is 12.3. The van der Waals surface area contributed by atoms with Gasteiger partial charge in [0.05, 0.1) is 12.5 Å². The Bertz CT molecular complexity index is 557. The minimum atomic E-state index is -0.470. The highest BCUT2D eigenvalue weighted by Crippen LogP contribution is 2.17. The molecule has 5 heteroatoms.